The minimum absolute atomic E-state index is 0.00342. The van der Waals surface area contributed by atoms with Crippen molar-refractivity contribution in [3.63, 3.8) is 0 Å². The summed E-state index contributed by atoms with van der Waals surface area (Å²) in [5, 5.41) is 135. The normalized spacial score (nSPS) is 13.0. The van der Waals surface area contributed by atoms with Gasteiger partial charge in [0.15, 0.2) is 12.2 Å². The van der Waals surface area contributed by atoms with Gasteiger partial charge in [-0.05, 0) is 203 Å². The molecule has 0 aliphatic heterocycles. The second kappa shape index (κ2) is 36.9. The zero-order chi connectivity index (χ0) is 64.6. The summed E-state index contributed by atoms with van der Waals surface area (Å²) < 4.78 is -0.0397. The van der Waals surface area contributed by atoms with Crippen LogP contribution in [0.3, 0.4) is 0 Å². The van der Waals surface area contributed by atoms with Gasteiger partial charge < -0.3 is 108 Å². The first-order valence-electron chi connectivity index (χ1n) is 23.8. The Hall–Kier alpha value is -1.02. The molecule has 0 radical (unpaired) electrons. The molecule has 3 aromatic rings. The van der Waals surface area contributed by atoms with Crippen LogP contribution in [0.5, 0.6) is 0 Å². The third-order valence-corrected chi connectivity index (χ3v) is 21.0. The van der Waals surface area contributed by atoms with E-state index in [2.05, 4.69) is 37.2 Å². The minimum atomic E-state index is -2.55. The maximum atomic E-state index is 15.3. The lowest BCUT2D eigenvalue weighted by Gasteiger charge is -2.27. The number of amides is 9. The molecule has 0 aliphatic carbocycles. The number of carbonyl (C=O) groups excluding carboxylic acids is 9. The number of benzene rings is 3. The summed E-state index contributed by atoms with van der Waals surface area (Å²) >= 11 is 15.2. The molecule has 19 N–H and O–H groups in total. The third-order valence-electron chi connectivity index (χ3n) is 11.3. The highest BCUT2D eigenvalue weighted by Crippen LogP contribution is 2.39. The lowest BCUT2D eigenvalue weighted by Crippen LogP contribution is -2.44. The highest BCUT2D eigenvalue weighted by atomic mass is 127. The van der Waals surface area contributed by atoms with Crippen LogP contribution in [0.15, 0.2) is 0 Å². The molecular formula is C46H52I9N9O21. The smallest absolute Gasteiger partial charge is 0.281 e. The average molecular weight is 2210 g/mol. The van der Waals surface area contributed by atoms with Crippen LogP contribution in [0, 0.1) is 32.1 Å². The Morgan fingerprint density at radius 2 is 0.682 bits per heavy atom. The molecule has 0 saturated carbocycles. The van der Waals surface area contributed by atoms with Crippen molar-refractivity contribution < 1.29 is 104 Å². The van der Waals surface area contributed by atoms with E-state index in [4.69, 9.17) is 0 Å². The van der Waals surface area contributed by atoms with Gasteiger partial charge in [0, 0.05) is 63.6 Å². The lowest BCUT2D eigenvalue weighted by molar-refractivity contribution is -0.141. The fourth-order valence-corrected chi connectivity index (χ4v) is 20.1. The zero-order valence-corrected chi connectivity index (χ0v) is 62.7. The van der Waals surface area contributed by atoms with Crippen molar-refractivity contribution in [1.29, 1.82) is 0 Å². The minimum Gasteiger partial charge on any atom is -0.394 e. The van der Waals surface area contributed by atoms with Crippen LogP contribution in [0.4, 0.5) is 17.1 Å². The quantitative estimate of drug-likeness (QED) is 0.0260. The Balaban J connectivity index is 2.32. The van der Waals surface area contributed by atoms with E-state index in [-0.39, 0.29) is 89.1 Å². The number of likely N-dealkylation sites (N-methyl/N-ethyl adjacent to an activating group) is 1. The number of anilines is 3. The SMILES string of the molecule is CN(CC(O)CO)C(=O)c1c(I)c(NC(=O)C(O)O)c(I)c(C(=O)NCCN(CCNC(=O)c2c(I)c(NC(=O)C(O)CO)c(I)c(C(=O)NCC(O)CO)c2I)C(=O)c2c(I)c(NC(=O)C(O)CO)c(I)c(C(=O)NCC(O)CO)c2I)c1I. The van der Waals surface area contributed by atoms with E-state index in [9.17, 15) is 99.6 Å². The van der Waals surface area contributed by atoms with E-state index in [1.165, 1.54) is 7.05 Å². The Morgan fingerprint density at radius 1 is 0.388 bits per heavy atom. The number of rotatable bonds is 29. The third kappa shape index (κ3) is 20.5. The molecule has 85 heavy (non-hydrogen) atoms. The topological polar surface area (TPSA) is 487 Å². The summed E-state index contributed by atoms with van der Waals surface area (Å²) in [5.74, 6) is -9.04. The molecule has 9 amide bonds. The monoisotopic (exact) mass is 2210 g/mol. The molecule has 3 rings (SSSR count). The molecule has 5 atom stereocenters. The van der Waals surface area contributed by atoms with Gasteiger partial charge in [0.25, 0.3) is 53.2 Å². The standard InChI is InChI=1S/C46H52I9N9O21/c1-63(8-16(72)11-67)44(82)23-26(48)21(30(52)36(32(23)54)62-43(81)46(84)85)40(78)57-3-5-64(45(83)24-27(49)22(42(80)59-7-15(71)10-66)31(53)35(33(24)55)61-38(76)18(74)13-69)4-2-56-39(77)19-25(47)20(41(79)58-6-14(70)9-65)29(51)34(28(19)50)60-37(75)17(73)12-68/h14-18,46,65-74,84-85H,2-13H2,1H3,(H,56,77)(H,57,78)(H,58,79)(H,59,80)(H,60,75)(H,61,76)(H,62,81). The van der Waals surface area contributed by atoms with Crippen LogP contribution >= 0.6 is 203 Å². The van der Waals surface area contributed by atoms with Crippen LogP contribution in [-0.2, 0) is 14.4 Å². The number of nitrogens with one attached hydrogen (secondary N) is 7. The van der Waals surface area contributed by atoms with Crippen molar-refractivity contribution in [2.45, 2.75) is 36.8 Å². The van der Waals surface area contributed by atoms with Gasteiger partial charge in [-0.3, -0.25) is 43.2 Å². The van der Waals surface area contributed by atoms with Crippen LogP contribution < -0.4 is 37.2 Å². The van der Waals surface area contributed by atoms with E-state index in [1.807, 2.05) is 0 Å². The van der Waals surface area contributed by atoms with Crippen molar-refractivity contribution in [3.05, 3.63) is 65.5 Å². The first kappa shape index (κ1) is 78.2. The molecule has 0 bridgehead atoms. The highest BCUT2D eigenvalue weighted by Gasteiger charge is 2.35. The van der Waals surface area contributed by atoms with Crippen molar-refractivity contribution >= 4 is 274 Å². The Morgan fingerprint density at radius 3 is 1.00 bits per heavy atom. The van der Waals surface area contributed by atoms with Crippen molar-refractivity contribution in [1.82, 2.24) is 31.1 Å². The highest BCUT2D eigenvalue weighted by molar-refractivity contribution is 14.1. The maximum absolute atomic E-state index is 15.3. The zero-order valence-electron chi connectivity index (χ0n) is 43.3. The van der Waals surface area contributed by atoms with Gasteiger partial charge in [-0.15, -0.1) is 0 Å². The van der Waals surface area contributed by atoms with Crippen LogP contribution in [-0.4, -0.2) is 247 Å². The first-order valence-corrected chi connectivity index (χ1v) is 33.5. The maximum Gasteiger partial charge on any atom is 0.281 e. The Labute approximate surface area is 604 Å². The van der Waals surface area contributed by atoms with Crippen molar-refractivity contribution in [2.24, 2.45) is 0 Å². The number of aliphatic hydroxyl groups is 12. The van der Waals surface area contributed by atoms with E-state index in [0.29, 0.717) is 0 Å². The predicted molar refractivity (Wildman–Crippen MR) is 376 cm³/mol. The summed E-state index contributed by atoms with van der Waals surface area (Å²) in [6.45, 7) is -7.48. The Bertz CT molecular complexity index is 3060. The van der Waals surface area contributed by atoms with E-state index >= 15 is 4.79 Å². The molecule has 3 aromatic carbocycles. The lowest BCUT2D eigenvalue weighted by atomic mass is 10.1. The number of carbonyl (C=O) groups is 9. The number of hydrogen-bond acceptors (Lipinski definition) is 21. The molecule has 0 heterocycles. The molecule has 0 spiro atoms. The second-order valence-electron chi connectivity index (χ2n) is 17.4. The van der Waals surface area contributed by atoms with Crippen LogP contribution in [0.1, 0.15) is 62.1 Å². The number of halogens is 9. The summed E-state index contributed by atoms with van der Waals surface area (Å²) in [4.78, 5) is 127. The molecule has 39 heteroatoms. The van der Waals surface area contributed by atoms with Gasteiger partial charge in [0.1, 0.15) is 0 Å². The van der Waals surface area contributed by atoms with Crippen LogP contribution in [0.25, 0.3) is 0 Å². The van der Waals surface area contributed by atoms with Gasteiger partial charge >= 0.3 is 0 Å². The molecule has 0 aliphatic rings. The number of aliphatic hydroxyl groups excluding tert-OH is 11. The Kier molecular flexibility index (Phi) is 33.9. The van der Waals surface area contributed by atoms with Gasteiger partial charge in [-0.2, -0.15) is 0 Å². The van der Waals surface area contributed by atoms with Gasteiger partial charge in [-0.25, -0.2) is 0 Å². The van der Waals surface area contributed by atoms with Gasteiger partial charge in [0.05, 0.1) is 123 Å². The van der Waals surface area contributed by atoms with E-state index in [1.54, 1.807) is 203 Å². The van der Waals surface area contributed by atoms with Gasteiger partial charge in [-0.1, -0.05) is 0 Å². The molecular weight excluding hydrogens is 2160 g/mol. The van der Waals surface area contributed by atoms with Crippen molar-refractivity contribution in [2.75, 3.05) is 102 Å². The fourth-order valence-electron chi connectivity index (χ4n) is 6.89. The first-order chi connectivity index (χ1) is 39.8. The number of nitrogens with zero attached hydrogens (tertiary/aromatic N) is 2. The second-order valence-corrected chi connectivity index (χ2v) is 27.1. The van der Waals surface area contributed by atoms with Crippen molar-refractivity contribution in [3.8, 4) is 0 Å². The summed E-state index contributed by atoms with van der Waals surface area (Å²) in [7, 11) is 1.29. The molecule has 0 saturated heterocycles. The number of hydrogen-bond donors (Lipinski definition) is 19. The largest absolute Gasteiger partial charge is 0.394 e. The summed E-state index contributed by atoms with van der Waals surface area (Å²) in [5.41, 5.74) is -2.00. The molecule has 0 aromatic heterocycles. The molecule has 30 nitrogen and oxygen atoms in total. The fraction of sp³-hybridized carbons (Fsp3) is 0.413. The van der Waals surface area contributed by atoms with Gasteiger partial charge in [0.2, 0.25) is 6.29 Å². The van der Waals surface area contributed by atoms with Crippen LogP contribution in [0.2, 0.25) is 0 Å². The summed E-state index contributed by atoms with van der Waals surface area (Å²) in [6, 6.07) is 0. The molecule has 5 unspecified atom stereocenters. The predicted octanol–water partition coefficient (Wildman–Crippen LogP) is -2.15. The van der Waals surface area contributed by atoms with E-state index in [0.717, 1.165) is 9.80 Å². The molecule has 470 valence electrons. The average Bonchev–Trinajstić information content (AvgIpc) is 1.17. The molecule has 0 fully saturated rings. The van der Waals surface area contributed by atoms with E-state index < -0.39 is 162 Å². The summed E-state index contributed by atoms with van der Waals surface area (Å²) in [6.07, 6.45) is -10.7.